The Morgan fingerprint density at radius 3 is 2.42 bits per heavy atom. The summed E-state index contributed by atoms with van der Waals surface area (Å²) >= 11 is 0. The third-order valence-corrected chi connectivity index (χ3v) is 3.88. The van der Waals surface area contributed by atoms with Gasteiger partial charge in [0.2, 0.25) is 0 Å². The second-order valence-electron chi connectivity index (χ2n) is 5.64. The van der Waals surface area contributed by atoms with E-state index >= 15 is 0 Å². The maximum Gasteiger partial charge on any atom is 0.323 e. The molecule has 1 heterocycles. The Balaban J connectivity index is 1.64. The van der Waals surface area contributed by atoms with E-state index in [1.54, 1.807) is 14.2 Å². The molecule has 3 rings (SSSR count). The number of methoxy groups -OCH3 is 2. The highest BCUT2D eigenvalue weighted by Gasteiger charge is 2.05. The standard InChI is InChI=1S/C18H21N3O3/c1-23-11-14-7-12(4-6-17(14)24-2)9-19-10-13-3-5-15-16(8-13)21-18(22)20-15/h3-8,19H,9-11H2,1-2H3,(H2,20,21,22). The van der Waals surface area contributed by atoms with Crippen molar-refractivity contribution < 1.29 is 9.47 Å². The van der Waals surface area contributed by atoms with Gasteiger partial charge >= 0.3 is 5.69 Å². The van der Waals surface area contributed by atoms with Gasteiger partial charge in [-0.25, -0.2) is 4.79 Å². The second kappa shape index (κ2) is 7.33. The van der Waals surface area contributed by atoms with Crippen molar-refractivity contribution in [3.63, 3.8) is 0 Å². The van der Waals surface area contributed by atoms with Gasteiger partial charge in [-0.3, -0.25) is 0 Å². The topological polar surface area (TPSA) is 79.1 Å². The summed E-state index contributed by atoms with van der Waals surface area (Å²) in [5, 5.41) is 3.41. The zero-order chi connectivity index (χ0) is 16.9. The van der Waals surface area contributed by atoms with E-state index in [0.717, 1.165) is 41.0 Å². The highest BCUT2D eigenvalue weighted by atomic mass is 16.5. The SMILES string of the molecule is COCc1cc(CNCc2ccc3[nH]c(=O)[nH]c3c2)ccc1OC. The number of benzene rings is 2. The van der Waals surface area contributed by atoms with Crippen LogP contribution in [-0.4, -0.2) is 24.2 Å². The molecule has 1 aromatic heterocycles. The highest BCUT2D eigenvalue weighted by molar-refractivity contribution is 5.74. The molecular formula is C18H21N3O3. The van der Waals surface area contributed by atoms with Crippen molar-refractivity contribution in [2.75, 3.05) is 14.2 Å². The number of hydrogen-bond donors (Lipinski definition) is 3. The maximum atomic E-state index is 11.3. The molecule has 6 nitrogen and oxygen atoms in total. The van der Waals surface area contributed by atoms with Gasteiger partial charge in [-0.1, -0.05) is 12.1 Å². The number of fused-ring (bicyclic) bond motifs is 1. The van der Waals surface area contributed by atoms with Crippen LogP contribution in [-0.2, 0) is 24.4 Å². The third-order valence-electron chi connectivity index (χ3n) is 3.88. The van der Waals surface area contributed by atoms with Crippen LogP contribution in [0.15, 0.2) is 41.2 Å². The molecule has 0 fully saturated rings. The monoisotopic (exact) mass is 327 g/mol. The quantitative estimate of drug-likeness (QED) is 0.622. The first kappa shape index (κ1) is 16.3. The van der Waals surface area contributed by atoms with Crippen molar-refractivity contribution in [3.05, 3.63) is 63.6 Å². The molecule has 0 atom stereocenters. The van der Waals surface area contributed by atoms with Gasteiger partial charge in [0.25, 0.3) is 0 Å². The molecule has 0 amide bonds. The van der Waals surface area contributed by atoms with Crippen LogP contribution in [0.2, 0.25) is 0 Å². The normalized spacial score (nSPS) is 11.1. The van der Waals surface area contributed by atoms with Crippen molar-refractivity contribution in [1.29, 1.82) is 0 Å². The van der Waals surface area contributed by atoms with Crippen molar-refractivity contribution in [3.8, 4) is 5.75 Å². The molecule has 0 radical (unpaired) electrons. The van der Waals surface area contributed by atoms with Crippen LogP contribution in [0, 0.1) is 0 Å². The Morgan fingerprint density at radius 1 is 0.958 bits per heavy atom. The first-order chi connectivity index (χ1) is 11.7. The van der Waals surface area contributed by atoms with Gasteiger partial charge in [0.1, 0.15) is 5.75 Å². The maximum absolute atomic E-state index is 11.3. The summed E-state index contributed by atoms with van der Waals surface area (Å²) in [6.45, 7) is 1.98. The number of nitrogens with one attached hydrogen (secondary N) is 3. The minimum Gasteiger partial charge on any atom is -0.496 e. The zero-order valence-corrected chi connectivity index (χ0v) is 13.8. The Bertz CT molecular complexity index is 883. The average Bonchev–Trinajstić information content (AvgIpc) is 2.95. The van der Waals surface area contributed by atoms with E-state index in [1.165, 1.54) is 5.56 Å². The van der Waals surface area contributed by atoms with Gasteiger partial charge in [0, 0.05) is 25.8 Å². The molecule has 0 unspecified atom stereocenters. The molecule has 0 bridgehead atoms. The number of rotatable bonds is 7. The summed E-state index contributed by atoms with van der Waals surface area (Å²) in [7, 11) is 3.33. The molecule has 0 aliphatic heterocycles. The van der Waals surface area contributed by atoms with Crippen LogP contribution in [0.1, 0.15) is 16.7 Å². The van der Waals surface area contributed by atoms with Crippen LogP contribution >= 0.6 is 0 Å². The lowest BCUT2D eigenvalue weighted by Gasteiger charge is -2.11. The Labute approximate surface area is 139 Å². The molecule has 3 aromatic rings. The van der Waals surface area contributed by atoms with Crippen LogP contribution < -0.4 is 15.7 Å². The first-order valence-electron chi connectivity index (χ1n) is 7.76. The molecule has 0 aliphatic carbocycles. The van der Waals surface area contributed by atoms with Crippen molar-refractivity contribution in [2.45, 2.75) is 19.7 Å². The summed E-state index contributed by atoms with van der Waals surface area (Å²) < 4.78 is 10.5. The van der Waals surface area contributed by atoms with Crippen LogP contribution in [0.4, 0.5) is 0 Å². The van der Waals surface area contributed by atoms with E-state index < -0.39 is 0 Å². The fourth-order valence-corrected chi connectivity index (χ4v) is 2.75. The molecule has 0 aliphatic rings. The molecule has 0 spiro atoms. The number of H-pyrrole nitrogens is 2. The minimum atomic E-state index is -0.181. The predicted molar refractivity (Wildman–Crippen MR) is 93.2 cm³/mol. The molecule has 126 valence electrons. The number of imidazole rings is 1. The molecule has 3 N–H and O–H groups in total. The van der Waals surface area contributed by atoms with E-state index in [2.05, 4.69) is 21.4 Å². The van der Waals surface area contributed by atoms with Gasteiger partial charge in [-0.05, 0) is 35.4 Å². The predicted octanol–water partition coefficient (Wildman–Crippen LogP) is 2.30. The van der Waals surface area contributed by atoms with E-state index in [-0.39, 0.29) is 5.69 Å². The molecule has 0 saturated carbocycles. The van der Waals surface area contributed by atoms with Crippen molar-refractivity contribution >= 4 is 11.0 Å². The van der Waals surface area contributed by atoms with Crippen LogP contribution in [0.25, 0.3) is 11.0 Å². The lowest BCUT2D eigenvalue weighted by molar-refractivity contribution is 0.181. The summed E-state index contributed by atoms with van der Waals surface area (Å²) in [6, 6.07) is 12.0. The summed E-state index contributed by atoms with van der Waals surface area (Å²) in [6.07, 6.45) is 0. The van der Waals surface area contributed by atoms with E-state index in [9.17, 15) is 4.79 Å². The van der Waals surface area contributed by atoms with E-state index in [4.69, 9.17) is 9.47 Å². The lowest BCUT2D eigenvalue weighted by atomic mass is 10.1. The third kappa shape index (κ3) is 3.67. The number of aromatic nitrogens is 2. The Hall–Kier alpha value is -2.57. The lowest BCUT2D eigenvalue weighted by Crippen LogP contribution is -2.13. The van der Waals surface area contributed by atoms with Gasteiger partial charge in [0.15, 0.2) is 0 Å². The number of hydrogen-bond acceptors (Lipinski definition) is 4. The number of aromatic amines is 2. The van der Waals surface area contributed by atoms with Gasteiger partial charge < -0.3 is 24.8 Å². The summed E-state index contributed by atoms with van der Waals surface area (Å²) in [5.41, 5.74) is 4.78. The van der Waals surface area contributed by atoms with Crippen LogP contribution in [0.5, 0.6) is 5.75 Å². The fraction of sp³-hybridized carbons (Fsp3) is 0.278. The zero-order valence-electron chi connectivity index (χ0n) is 13.8. The molecule has 0 saturated heterocycles. The van der Waals surface area contributed by atoms with Crippen LogP contribution in [0.3, 0.4) is 0 Å². The van der Waals surface area contributed by atoms with Gasteiger partial charge in [0.05, 0.1) is 24.8 Å². The first-order valence-corrected chi connectivity index (χ1v) is 7.76. The molecule has 24 heavy (non-hydrogen) atoms. The Kier molecular flexibility index (Phi) is 4.98. The molecular weight excluding hydrogens is 306 g/mol. The second-order valence-corrected chi connectivity index (χ2v) is 5.64. The van der Waals surface area contributed by atoms with E-state index in [0.29, 0.717) is 6.61 Å². The fourth-order valence-electron chi connectivity index (χ4n) is 2.75. The summed E-state index contributed by atoms with van der Waals surface area (Å²) in [5.74, 6) is 0.836. The molecule has 2 aromatic carbocycles. The van der Waals surface area contributed by atoms with Crippen molar-refractivity contribution in [1.82, 2.24) is 15.3 Å². The summed E-state index contributed by atoms with van der Waals surface area (Å²) in [4.78, 5) is 16.8. The largest absolute Gasteiger partial charge is 0.496 e. The Morgan fingerprint density at radius 2 is 1.67 bits per heavy atom. The average molecular weight is 327 g/mol. The number of ether oxygens (including phenoxy) is 2. The minimum absolute atomic E-state index is 0.181. The van der Waals surface area contributed by atoms with E-state index in [1.807, 2.05) is 30.3 Å². The van der Waals surface area contributed by atoms with Gasteiger partial charge in [-0.15, -0.1) is 0 Å². The van der Waals surface area contributed by atoms with Crippen molar-refractivity contribution in [2.24, 2.45) is 0 Å². The van der Waals surface area contributed by atoms with Gasteiger partial charge in [-0.2, -0.15) is 0 Å². The highest BCUT2D eigenvalue weighted by Crippen LogP contribution is 2.20. The smallest absolute Gasteiger partial charge is 0.323 e. The molecule has 6 heteroatoms.